The maximum Gasteiger partial charge on any atom is 0.341 e. The van der Waals surface area contributed by atoms with E-state index in [1.165, 1.54) is 12.0 Å². The van der Waals surface area contributed by atoms with E-state index in [-0.39, 0.29) is 6.61 Å². The molecule has 1 unspecified atom stereocenters. The van der Waals surface area contributed by atoms with Gasteiger partial charge < -0.3 is 14.3 Å². The number of ether oxygens (including phenoxy) is 1. The maximum absolute atomic E-state index is 10.9. The molecule has 1 N–H and O–H groups in total. The molecule has 0 spiro atoms. The molecule has 3 aromatic carbocycles. The normalized spacial score (nSPS) is 16.7. The highest BCUT2D eigenvalue weighted by atomic mass is 16.5. The number of nitrogens with zero attached hydrogens (tertiary/aromatic N) is 1. The molecule has 1 heterocycles. The van der Waals surface area contributed by atoms with Crippen LogP contribution in [0.5, 0.6) is 5.75 Å². The van der Waals surface area contributed by atoms with Gasteiger partial charge in [-0.15, -0.1) is 0 Å². The fourth-order valence-electron chi connectivity index (χ4n) is 4.86. The summed E-state index contributed by atoms with van der Waals surface area (Å²) in [6, 6.07) is 28.0. The molecule has 1 aliphatic rings. The Kier molecular flexibility index (Phi) is 7.27. The van der Waals surface area contributed by atoms with Crippen molar-refractivity contribution in [2.45, 2.75) is 32.1 Å². The molecule has 1 saturated carbocycles. The Labute approximate surface area is 211 Å². The van der Waals surface area contributed by atoms with Gasteiger partial charge in [0.05, 0.1) is 0 Å². The third kappa shape index (κ3) is 5.74. The molecule has 5 heteroatoms. The van der Waals surface area contributed by atoms with Gasteiger partial charge in [0.1, 0.15) is 11.4 Å². The van der Waals surface area contributed by atoms with Crippen molar-refractivity contribution < 1.29 is 19.1 Å². The smallest absolute Gasteiger partial charge is 0.341 e. The molecule has 1 atom stereocenters. The average Bonchev–Trinajstić information content (AvgIpc) is 3.34. The number of aliphatic carboxylic acids is 1. The molecule has 0 saturated heterocycles. The van der Waals surface area contributed by atoms with Crippen LogP contribution < -0.4 is 4.74 Å². The zero-order valence-electron chi connectivity index (χ0n) is 20.1. The van der Waals surface area contributed by atoms with Crippen molar-refractivity contribution in [2.75, 3.05) is 6.61 Å². The quantitative estimate of drug-likeness (QED) is 0.287. The van der Waals surface area contributed by atoms with Gasteiger partial charge in [-0.3, -0.25) is 0 Å². The lowest BCUT2D eigenvalue weighted by Gasteiger charge is -2.25. The first-order valence-electron chi connectivity index (χ1n) is 12.4. The molecule has 1 aromatic heterocycles. The Hall–Kier alpha value is -4.12. The molecule has 1 aliphatic carbocycles. The Balaban J connectivity index is 1.43. The number of allylic oxidation sites excluding steroid dienone is 1. The summed E-state index contributed by atoms with van der Waals surface area (Å²) < 4.78 is 11.7. The number of hydrogen-bond acceptors (Lipinski definition) is 4. The molecule has 36 heavy (non-hydrogen) atoms. The third-order valence-corrected chi connectivity index (χ3v) is 6.57. The van der Waals surface area contributed by atoms with E-state index in [4.69, 9.17) is 19.2 Å². The highest BCUT2D eigenvalue weighted by Gasteiger charge is 2.22. The monoisotopic (exact) mass is 479 g/mol. The van der Waals surface area contributed by atoms with Crippen LogP contribution in [0.2, 0.25) is 0 Å². The van der Waals surface area contributed by atoms with Crippen LogP contribution in [-0.4, -0.2) is 22.7 Å². The molecule has 0 radical (unpaired) electrons. The minimum atomic E-state index is -0.978. The van der Waals surface area contributed by atoms with E-state index in [0.29, 0.717) is 17.6 Å². The Morgan fingerprint density at radius 3 is 2.47 bits per heavy atom. The topological polar surface area (TPSA) is 72.6 Å². The van der Waals surface area contributed by atoms with Gasteiger partial charge in [-0.25, -0.2) is 9.78 Å². The van der Waals surface area contributed by atoms with Crippen LogP contribution in [-0.2, 0) is 11.2 Å². The van der Waals surface area contributed by atoms with Crippen molar-refractivity contribution in [1.29, 1.82) is 0 Å². The first-order chi connectivity index (χ1) is 17.7. The summed E-state index contributed by atoms with van der Waals surface area (Å²) in [6.07, 6.45) is 7.46. The largest absolute Gasteiger partial charge is 0.482 e. The maximum atomic E-state index is 10.9. The van der Waals surface area contributed by atoms with Gasteiger partial charge in [-0.05, 0) is 49.3 Å². The minimum Gasteiger partial charge on any atom is -0.482 e. The number of benzene rings is 3. The third-order valence-electron chi connectivity index (χ3n) is 6.57. The van der Waals surface area contributed by atoms with E-state index < -0.39 is 5.97 Å². The number of carbonyl (C=O) groups is 1. The summed E-state index contributed by atoms with van der Waals surface area (Å²) in [7, 11) is 0. The van der Waals surface area contributed by atoms with Crippen molar-refractivity contribution in [3.63, 3.8) is 0 Å². The number of carboxylic acid groups (broad SMARTS) is 1. The predicted octanol–water partition coefficient (Wildman–Crippen LogP) is 7.29. The van der Waals surface area contributed by atoms with Gasteiger partial charge in [0.25, 0.3) is 0 Å². The Morgan fingerprint density at radius 2 is 1.72 bits per heavy atom. The van der Waals surface area contributed by atoms with Gasteiger partial charge in [-0.2, -0.15) is 0 Å². The second kappa shape index (κ2) is 11.1. The highest BCUT2D eigenvalue weighted by Crippen LogP contribution is 2.37. The number of oxazole rings is 1. The summed E-state index contributed by atoms with van der Waals surface area (Å²) in [6.45, 7) is -0.338. The van der Waals surface area contributed by atoms with E-state index in [0.717, 1.165) is 53.8 Å². The molecule has 0 bridgehead atoms. The fourth-order valence-corrected chi connectivity index (χ4v) is 4.86. The van der Waals surface area contributed by atoms with E-state index in [1.807, 2.05) is 60.7 Å². The van der Waals surface area contributed by atoms with Gasteiger partial charge >= 0.3 is 5.97 Å². The van der Waals surface area contributed by atoms with Crippen molar-refractivity contribution in [3.8, 4) is 28.3 Å². The zero-order chi connectivity index (χ0) is 24.7. The van der Waals surface area contributed by atoms with Gasteiger partial charge in [0.2, 0.25) is 5.89 Å². The van der Waals surface area contributed by atoms with Gasteiger partial charge in [0, 0.05) is 17.2 Å². The fraction of sp³-hybridized carbons (Fsp3) is 0.226. The van der Waals surface area contributed by atoms with Gasteiger partial charge in [0.15, 0.2) is 12.4 Å². The zero-order valence-corrected chi connectivity index (χ0v) is 20.1. The molecular weight excluding hydrogens is 450 g/mol. The SMILES string of the molecule is O=C(O)COc1cccc(CC2CCCC/C2=C/c2nc(-c3ccccc3)c(-c3ccccc3)o2)c1. The van der Waals surface area contributed by atoms with Crippen LogP contribution in [0.1, 0.15) is 37.1 Å². The summed E-state index contributed by atoms with van der Waals surface area (Å²) in [4.78, 5) is 15.8. The molecule has 0 amide bonds. The molecular formula is C31H29NO4. The average molecular weight is 480 g/mol. The van der Waals surface area contributed by atoms with Crippen LogP contribution in [0, 0.1) is 5.92 Å². The van der Waals surface area contributed by atoms with Crippen LogP contribution in [0.4, 0.5) is 0 Å². The number of rotatable bonds is 8. The highest BCUT2D eigenvalue weighted by molar-refractivity contribution is 5.77. The van der Waals surface area contributed by atoms with Crippen molar-refractivity contribution in [1.82, 2.24) is 4.98 Å². The van der Waals surface area contributed by atoms with E-state index >= 15 is 0 Å². The lowest BCUT2D eigenvalue weighted by atomic mass is 9.80. The molecule has 5 nitrogen and oxygen atoms in total. The second-order valence-electron chi connectivity index (χ2n) is 9.16. The van der Waals surface area contributed by atoms with Gasteiger partial charge in [-0.1, -0.05) is 84.8 Å². The molecule has 5 rings (SSSR count). The van der Waals surface area contributed by atoms with Crippen LogP contribution in [0.15, 0.2) is 94.9 Å². The minimum absolute atomic E-state index is 0.338. The number of aromatic nitrogens is 1. The van der Waals surface area contributed by atoms with Crippen molar-refractivity contribution in [3.05, 3.63) is 102 Å². The summed E-state index contributed by atoms with van der Waals surface area (Å²) in [5.41, 5.74) is 5.37. The molecule has 4 aromatic rings. The lowest BCUT2D eigenvalue weighted by molar-refractivity contribution is -0.139. The first-order valence-corrected chi connectivity index (χ1v) is 12.4. The standard InChI is InChI=1S/C31H29NO4/c33-29(34)21-35-27-17-9-10-22(19-27)18-25-15-7-8-16-26(25)20-28-32-30(23-11-3-1-4-12-23)31(36-28)24-13-5-2-6-14-24/h1-6,9-14,17,19-20,25H,7-8,15-16,18,21H2,(H,33,34)/b26-20-. The lowest BCUT2D eigenvalue weighted by Crippen LogP contribution is -2.13. The molecule has 0 aliphatic heterocycles. The van der Waals surface area contributed by atoms with Crippen molar-refractivity contribution in [2.24, 2.45) is 5.92 Å². The van der Waals surface area contributed by atoms with Crippen LogP contribution in [0.3, 0.4) is 0 Å². The van der Waals surface area contributed by atoms with E-state index in [2.05, 4.69) is 24.3 Å². The summed E-state index contributed by atoms with van der Waals surface area (Å²) in [5, 5.41) is 8.90. The van der Waals surface area contributed by atoms with Crippen LogP contribution >= 0.6 is 0 Å². The van der Waals surface area contributed by atoms with E-state index in [9.17, 15) is 4.79 Å². The first kappa shape index (κ1) is 23.6. The second-order valence-corrected chi connectivity index (χ2v) is 9.16. The number of carboxylic acids is 1. The summed E-state index contributed by atoms with van der Waals surface area (Å²) >= 11 is 0. The number of hydrogen-bond donors (Lipinski definition) is 1. The van der Waals surface area contributed by atoms with Crippen LogP contribution in [0.25, 0.3) is 28.7 Å². The van der Waals surface area contributed by atoms with E-state index in [1.54, 1.807) is 6.07 Å². The summed E-state index contributed by atoms with van der Waals surface area (Å²) in [5.74, 6) is 1.40. The predicted molar refractivity (Wildman–Crippen MR) is 141 cm³/mol. The molecule has 1 fully saturated rings. The Morgan fingerprint density at radius 1 is 0.972 bits per heavy atom. The van der Waals surface area contributed by atoms with Crippen molar-refractivity contribution >= 4 is 12.0 Å². The molecule has 182 valence electrons. The Bertz CT molecular complexity index is 1280.